The Hall–Kier alpha value is -1.90. The first kappa shape index (κ1) is 19.4. The summed E-state index contributed by atoms with van der Waals surface area (Å²) in [6.07, 6.45) is 3.04. The summed E-state index contributed by atoms with van der Waals surface area (Å²) in [7, 11) is -3.09. The highest BCUT2D eigenvalue weighted by molar-refractivity contribution is 7.91. The number of rotatable bonds is 4. The molecule has 1 saturated heterocycles. The van der Waals surface area contributed by atoms with Gasteiger partial charge in [-0.2, -0.15) is 0 Å². The Balaban J connectivity index is 1.60. The second-order valence-electron chi connectivity index (χ2n) is 7.07. The summed E-state index contributed by atoms with van der Waals surface area (Å²) in [4.78, 5) is 26.7. The van der Waals surface area contributed by atoms with Crippen LogP contribution in [0.4, 0.5) is 5.00 Å². The highest BCUT2D eigenvalue weighted by atomic mass is 35.5. The van der Waals surface area contributed by atoms with Crippen LogP contribution in [-0.4, -0.2) is 37.8 Å². The van der Waals surface area contributed by atoms with E-state index in [4.69, 9.17) is 11.6 Å². The van der Waals surface area contributed by atoms with Crippen molar-refractivity contribution in [3.8, 4) is 0 Å². The van der Waals surface area contributed by atoms with E-state index in [1.54, 1.807) is 24.3 Å². The second-order valence-corrected chi connectivity index (χ2v) is 10.8. The quantitative estimate of drug-likeness (QED) is 0.767. The van der Waals surface area contributed by atoms with Crippen LogP contribution in [0.2, 0.25) is 5.02 Å². The Morgan fingerprint density at radius 1 is 1.14 bits per heavy atom. The van der Waals surface area contributed by atoms with Crippen molar-refractivity contribution in [1.82, 2.24) is 5.32 Å². The number of thiophene rings is 1. The molecule has 0 saturated carbocycles. The number of carbonyl (C=O) groups excluding carboxylic acids is 2. The molecular weight excluding hydrogens is 420 g/mol. The average Bonchev–Trinajstić information content (AvgIpc) is 3.29. The molecular formula is C19H19ClN2O4S2. The van der Waals surface area contributed by atoms with Crippen molar-refractivity contribution in [3.05, 3.63) is 50.9 Å². The molecule has 4 rings (SSSR count). The van der Waals surface area contributed by atoms with Crippen LogP contribution in [0, 0.1) is 0 Å². The van der Waals surface area contributed by atoms with Crippen molar-refractivity contribution in [3.63, 3.8) is 0 Å². The molecule has 2 aliphatic rings. The van der Waals surface area contributed by atoms with Crippen molar-refractivity contribution in [2.24, 2.45) is 0 Å². The van der Waals surface area contributed by atoms with Crippen LogP contribution in [0.3, 0.4) is 0 Å². The molecule has 148 valence electrons. The largest absolute Gasteiger partial charge is 0.348 e. The van der Waals surface area contributed by atoms with Crippen molar-refractivity contribution in [2.75, 3.05) is 16.8 Å². The number of benzene rings is 1. The van der Waals surface area contributed by atoms with Crippen LogP contribution in [0.25, 0.3) is 0 Å². The maximum atomic E-state index is 13.0. The zero-order chi connectivity index (χ0) is 19.9. The van der Waals surface area contributed by atoms with Crippen LogP contribution in [0.5, 0.6) is 0 Å². The summed E-state index contributed by atoms with van der Waals surface area (Å²) < 4.78 is 23.4. The minimum Gasteiger partial charge on any atom is -0.348 e. The summed E-state index contributed by atoms with van der Waals surface area (Å²) in [6.45, 7) is 0. The van der Waals surface area contributed by atoms with E-state index in [0.717, 1.165) is 29.7 Å². The van der Waals surface area contributed by atoms with Gasteiger partial charge in [-0.05, 0) is 43.4 Å². The minimum absolute atomic E-state index is 0.0353. The molecule has 1 aliphatic heterocycles. The fourth-order valence-electron chi connectivity index (χ4n) is 3.71. The van der Waals surface area contributed by atoms with Crippen LogP contribution >= 0.6 is 22.9 Å². The molecule has 2 heterocycles. The Morgan fingerprint density at radius 2 is 1.93 bits per heavy atom. The van der Waals surface area contributed by atoms with Crippen molar-refractivity contribution >= 4 is 49.6 Å². The van der Waals surface area contributed by atoms with E-state index < -0.39 is 9.84 Å². The van der Waals surface area contributed by atoms with E-state index in [-0.39, 0.29) is 29.4 Å². The van der Waals surface area contributed by atoms with Gasteiger partial charge in [0.15, 0.2) is 9.84 Å². The Labute approximate surface area is 172 Å². The summed E-state index contributed by atoms with van der Waals surface area (Å²) in [6, 6.07) is 6.35. The average molecular weight is 439 g/mol. The molecule has 1 atom stereocenters. The monoisotopic (exact) mass is 438 g/mol. The lowest BCUT2D eigenvalue weighted by Gasteiger charge is -2.13. The zero-order valence-electron chi connectivity index (χ0n) is 15.0. The van der Waals surface area contributed by atoms with E-state index in [1.807, 2.05) is 0 Å². The molecule has 0 unspecified atom stereocenters. The van der Waals surface area contributed by atoms with Crippen LogP contribution in [-0.2, 0) is 22.7 Å². The molecule has 6 nitrogen and oxygen atoms in total. The molecule has 0 bridgehead atoms. The van der Waals surface area contributed by atoms with Gasteiger partial charge < -0.3 is 10.6 Å². The number of nitrogens with one attached hydrogen (secondary N) is 2. The summed E-state index contributed by atoms with van der Waals surface area (Å²) in [5.74, 6) is -0.638. The molecule has 1 aromatic carbocycles. The molecule has 1 fully saturated rings. The number of halogens is 1. The van der Waals surface area contributed by atoms with E-state index in [0.29, 0.717) is 27.6 Å². The lowest BCUT2D eigenvalue weighted by atomic mass is 10.1. The van der Waals surface area contributed by atoms with Crippen LogP contribution in [0.15, 0.2) is 24.3 Å². The third-order valence-electron chi connectivity index (χ3n) is 5.06. The van der Waals surface area contributed by atoms with Gasteiger partial charge in [0, 0.05) is 10.9 Å². The van der Waals surface area contributed by atoms with Gasteiger partial charge in [0.05, 0.1) is 27.7 Å². The Morgan fingerprint density at radius 3 is 2.64 bits per heavy atom. The maximum Gasteiger partial charge on any atom is 0.257 e. The first-order chi connectivity index (χ1) is 13.3. The van der Waals surface area contributed by atoms with E-state index in [9.17, 15) is 18.0 Å². The Kier molecular flexibility index (Phi) is 5.20. The summed E-state index contributed by atoms with van der Waals surface area (Å²) in [5.41, 5.74) is 1.76. The number of carbonyl (C=O) groups is 2. The van der Waals surface area contributed by atoms with Gasteiger partial charge in [0.2, 0.25) is 0 Å². The number of hydrogen-bond acceptors (Lipinski definition) is 5. The number of sulfone groups is 1. The van der Waals surface area contributed by atoms with Gasteiger partial charge in [-0.15, -0.1) is 11.3 Å². The third kappa shape index (κ3) is 3.81. The van der Waals surface area contributed by atoms with Crippen LogP contribution < -0.4 is 10.6 Å². The maximum absolute atomic E-state index is 13.0. The molecule has 2 amide bonds. The topological polar surface area (TPSA) is 92.3 Å². The van der Waals surface area contributed by atoms with Gasteiger partial charge in [0.1, 0.15) is 5.00 Å². The fraction of sp³-hybridized carbons (Fsp3) is 0.368. The lowest BCUT2D eigenvalue weighted by Crippen LogP contribution is -2.36. The van der Waals surface area contributed by atoms with Gasteiger partial charge in [-0.25, -0.2) is 8.42 Å². The lowest BCUT2D eigenvalue weighted by molar-refractivity contribution is 0.0941. The number of fused-ring (bicyclic) bond motifs is 1. The van der Waals surface area contributed by atoms with Crippen molar-refractivity contribution in [2.45, 2.75) is 31.7 Å². The normalized spacial score (nSPS) is 20.0. The second kappa shape index (κ2) is 7.50. The predicted octanol–water partition coefficient (Wildman–Crippen LogP) is 3.06. The van der Waals surface area contributed by atoms with Crippen molar-refractivity contribution in [1.29, 1.82) is 0 Å². The highest BCUT2D eigenvalue weighted by Crippen LogP contribution is 2.39. The first-order valence-corrected chi connectivity index (χ1v) is 12.1. The van der Waals surface area contributed by atoms with Gasteiger partial charge in [-0.1, -0.05) is 23.7 Å². The minimum atomic E-state index is -3.09. The summed E-state index contributed by atoms with van der Waals surface area (Å²) in [5, 5.41) is 6.51. The third-order valence-corrected chi connectivity index (χ3v) is 8.37. The molecule has 0 spiro atoms. The molecule has 1 aliphatic carbocycles. The van der Waals surface area contributed by atoms with Gasteiger partial charge >= 0.3 is 0 Å². The molecule has 2 N–H and O–H groups in total. The van der Waals surface area contributed by atoms with Crippen molar-refractivity contribution < 1.29 is 18.0 Å². The SMILES string of the molecule is O=C(Nc1sc2c(c1C(=O)N[C@@H]1CCS(=O)(=O)C1)CCC2)c1ccccc1Cl. The predicted molar refractivity (Wildman–Crippen MR) is 110 cm³/mol. The number of amides is 2. The van der Waals surface area contributed by atoms with E-state index in [2.05, 4.69) is 10.6 Å². The standard InChI is InChI=1S/C19H19ClN2O4S2/c20-14-6-2-1-4-12(14)17(23)22-19-16(13-5-3-7-15(13)27-19)18(24)21-11-8-9-28(25,26)10-11/h1-2,4,6,11H,3,5,7-10H2,(H,21,24)(H,22,23)/t11-/m1/s1. The molecule has 1 aromatic heterocycles. The van der Waals surface area contributed by atoms with Crippen LogP contribution in [0.1, 0.15) is 44.0 Å². The number of aryl methyl sites for hydroxylation is 1. The van der Waals surface area contributed by atoms with E-state index >= 15 is 0 Å². The zero-order valence-corrected chi connectivity index (χ0v) is 17.3. The van der Waals surface area contributed by atoms with Gasteiger partial charge in [0.25, 0.3) is 11.8 Å². The molecule has 2 aromatic rings. The Bertz CT molecular complexity index is 1060. The molecule has 0 radical (unpaired) electrons. The molecule has 28 heavy (non-hydrogen) atoms. The highest BCUT2D eigenvalue weighted by Gasteiger charge is 2.32. The number of anilines is 1. The smallest absolute Gasteiger partial charge is 0.257 e. The first-order valence-electron chi connectivity index (χ1n) is 9.06. The van der Waals surface area contributed by atoms with E-state index in [1.165, 1.54) is 11.3 Å². The number of hydrogen-bond donors (Lipinski definition) is 2. The summed E-state index contributed by atoms with van der Waals surface area (Å²) >= 11 is 7.52. The molecule has 9 heteroatoms. The fourth-order valence-corrected chi connectivity index (χ4v) is 6.89. The van der Waals surface area contributed by atoms with Gasteiger partial charge in [-0.3, -0.25) is 9.59 Å².